The molecular weight excluding hydrogens is 445 g/mol. The van der Waals surface area contributed by atoms with E-state index in [2.05, 4.69) is 33.4 Å². The number of nitrogens with zero attached hydrogens (tertiary/aromatic N) is 4. The molecule has 0 aromatic rings. The predicted molar refractivity (Wildman–Crippen MR) is 112 cm³/mol. The maximum Gasteiger partial charge on any atom is 0.143 e. The molecule has 0 spiro atoms. The molecule has 1 fully saturated rings. The number of ketones is 3. The van der Waals surface area contributed by atoms with Gasteiger partial charge in [-0.2, -0.15) is 0 Å². The van der Waals surface area contributed by atoms with Crippen molar-refractivity contribution >= 4 is 17.3 Å². The number of rotatable bonds is 8. The van der Waals surface area contributed by atoms with Crippen molar-refractivity contribution in [1.82, 2.24) is 19.6 Å². The average molecular weight is 484 g/mol. The minimum absolute atomic E-state index is 0. The predicted octanol–water partition coefficient (Wildman–Crippen LogP) is 0.790. The Balaban J connectivity index is 0.00000784. The van der Waals surface area contributed by atoms with Crippen LogP contribution in [0.2, 0.25) is 0 Å². The Kier molecular flexibility index (Phi) is 15.5. The summed E-state index contributed by atoms with van der Waals surface area (Å²) in [6, 6.07) is 0. The minimum atomic E-state index is 0. The van der Waals surface area contributed by atoms with Gasteiger partial charge in [-0.1, -0.05) is 13.8 Å². The Morgan fingerprint density at radius 3 is 1.48 bits per heavy atom. The molecule has 7 nitrogen and oxygen atoms in total. The summed E-state index contributed by atoms with van der Waals surface area (Å²) < 4.78 is 0. The van der Waals surface area contributed by atoms with E-state index in [1.54, 1.807) is 27.3 Å². The second-order valence-electron chi connectivity index (χ2n) is 8.43. The van der Waals surface area contributed by atoms with E-state index < -0.39 is 0 Å². The van der Waals surface area contributed by atoms with Crippen molar-refractivity contribution in [3.8, 4) is 0 Å². The molecule has 0 bridgehead atoms. The fourth-order valence-electron chi connectivity index (χ4n) is 3.58. The van der Waals surface area contributed by atoms with Gasteiger partial charge < -0.3 is 14.6 Å². The van der Waals surface area contributed by atoms with Crippen LogP contribution in [0, 0.1) is 12.5 Å². The molecular formula is C21H39N4O3Y-. The maximum absolute atomic E-state index is 11.7. The van der Waals surface area contributed by atoms with Gasteiger partial charge in [0.1, 0.15) is 11.6 Å². The zero-order chi connectivity index (χ0) is 21.1. The minimum Gasteiger partial charge on any atom is -0.432 e. The van der Waals surface area contributed by atoms with Crippen LogP contribution in [-0.2, 0) is 47.1 Å². The van der Waals surface area contributed by atoms with Crippen molar-refractivity contribution in [2.24, 2.45) is 5.92 Å². The molecule has 0 amide bonds. The summed E-state index contributed by atoms with van der Waals surface area (Å²) in [6.07, 6.45) is 0. The van der Waals surface area contributed by atoms with Crippen molar-refractivity contribution in [3.05, 3.63) is 6.54 Å². The first-order valence-corrected chi connectivity index (χ1v) is 10.4. The second kappa shape index (κ2) is 15.6. The molecule has 0 atom stereocenters. The van der Waals surface area contributed by atoms with Crippen molar-refractivity contribution in [2.75, 3.05) is 72.0 Å². The van der Waals surface area contributed by atoms with Gasteiger partial charge in [0.25, 0.3) is 0 Å². The van der Waals surface area contributed by atoms with Crippen LogP contribution >= 0.6 is 0 Å². The van der Waals surface area contributed by atoms with Crippen LogP contribution in [-0.4, -0.2) is 109 Å². The molecule has 165 valence electrons. The fourth-order valence-corrected chi connectivity index (χ4v) is 3.58. The van der Waals surface area contributed by atoms with Gasteiger partial charge in [-0.05, 0) is 39.8 Å². The van der Waals surface area contributed by atoms with Crippen LogP contribution in [0.3, 0.4) is 0 Å². The van der Waals surface area contributed by atoms with E-state index in [0.29, 0.717) is 19.0 Å². The average Bonchev–Trinajstić information content (AvgIpc) is 2.55. The smallest absolute Gasteiger partial charge is 0.143 e. The van der Waals surface area contributed by atoms with Crippen molar-refractivity contribution in [2.45, 2.75) is 34.6 Å². The first kappa shape index (κ1) is 28.8. The van der Waals surface area contributed by atoms with E-state index in [9.17, 15) is 14.4 Å². The number of carbonyl (C=O) groups excluding carboxylic acids is 3. The SMILES string of the molecule is CC(=O)[CH-]N1CCN(CC(C)=O)CCN(CC(C)=O)CCN(CC(C)C)CC1.[Y]. The molecule has 0 aromatic carbocycles. The van der Waals surface area contributed by atoms with Crippen LogP contribution < -0.4 is 0 Å². The van der Waals surface area contributed by atoms with Gasteiger partial charge in [0.2, 0.25) is 0 Å². The van der Waals surface area contributed by atoms with Crippen LogP contribution in [0.5, 0.6) is 0 Å². The summed E-state index contributed by atoms with van der Waals surface area (Å²) in [4.78, 5) is 43.8. The van der Waals surface area contributed by atoms with Crippen LogP contribution in [0.25, 0.3) is 0 Å². The third kappa shape index (κ3) is 14.5. The quantitative estimate of drug-likeness (QED) is 0.472. The summed E-state index contributed by atoms with van der Waals surface area (Å²) >= 11 is 0. The zero-order valence-corrected chi connectivity index (χ0v) is 21.9. The van der Waals surface area contributed by atoms with Crippen LogP contribution in [0.4, 0.5) is 0 Å². The molecule has 0 unspecified atom stereocenters. The third-order valence-corrected chi connectivity index (χ3v) is 4.75. The van der Waals surface area contributed by atoms with Crippen molar-refractivity contribution in [1.29, 1.82) is 0 Å². The molecule has 1 radical (unpaired) electrons. The van der Waals surface area contributed by atoms with Gasteiger partial charge in [-0.25, -0.2) is 0 Å². The van der Waals surface area contributed by atoms with E-state index in [1.165, 1.54) is 0 Å². The molecule has 1 aliphatic heterocycles. The molecule has 0 aromatic heterocycles. The molecule has 1 rings (SSSR count). The van der Waals surface area contributed by atoms with Gasteiger partial charge in [0.05, 0.1) is 13.1 Å². The summed E-state index contributed by atoms with van der Waals surface area (Å²) in [6.45, 7) is 19.1. The summed E-state index contributed by atoms with van der Waals surface area (Å²) in [5.74, 6) is 0.914. The van der Waals surface area contributed by atoms with Gasteiger partial charge >= 0.3 is 0 Å². The first-order valence-electron chi connectivity index (χ1n) is 10.4. The molecule has 0 aliphatic carbocycles. The summed E-state index contributed by atoms with van der Waals surface area (Å²) in [5.41, 5.74) is 0. The van der Waals surface area contributed by atoms with Gasteiger partial charge in [-0.15, -0.1) is 0 Å². The summed E-state index contributed by atoms with van der Waals surface area (Å²) in [5, 5.41) is 0. The van der Waals surface area contributed by atoms with E-state index in [0.717, 1.165) is 58.9 Å². The number of hydrogen-bond acceptors (Lipinski definition) is 7. The monoisotopic (exact) mass is 484 g/mol. The Hall–Kier alpha value is -0.176. The largest absolute Gasteiger partial charge is 0.432 e. The van der Waals surface area contributed by atoms with E-state index >= 15 is 0 Å². The number of hydrogen-bond donors (Lipinski definition) is 0. The maximum atomic E-state index is 11.7. The van der Waals surface area contributed by atoms with Crippen molar-refractivity contribution < 1.29 is 47.1 Å². The molecule has 0 saturated carbocycles. The topological polar surface area (TPSA) is 64.2 Å². The van der Waals surface area contributed by atoms with E-state index in [4.69, 9.17) is 0 Å². The molecule has 0 N–H and O–H groups in total. The molecule has 1 aliphatic rings. The Bertz CT molecular complexity index is 484. The van der Waals surface area contributed by atoms with Crippen molar-refractivity contribution in [3.63, 3.8) is 0 Å². The molecule has 29 heavy (non-hydrogen) atoms. The molecule has 8 heteroatoms. The Labute approximate surface area is 202 Å². The summed E-state index contributed by atoms with van der Waals surface area (Å²) in [7, 11) is 0. The molecule has 1 saturated heterocycles. The number of Topliss-reactive ketones (excluding diaryl/α,β-unsaturated/α-hetero) is 3. The first-order chi connectivity index (χ1) is 13.2. The Morgan fingerprint density at radius 2 is 1.10 bits per heavy atom. The zero-order valence-electron chi connectivity index (χ0n) is 19.0. The van der Waals surface area contributed by atoms with E-state index in [1.807, 2.05) is 0 Å². The fraction of sp³-hybridized carbons (Fsp3) is 0.810. The van der Waals surface area contributed by atoms with Gasteiger partial charge in [0, 0.05) is 84.3 Å². The molecule has 1 heterocycles. The second-order valence-corrected chi connectivity index (χ2v) is 8.43. The van der Waals surface area contributed by atoms with Crippen LogP contribution in [0.1, 0.15) is 34.6 Å². The Morgan fingerprint density at radius 1 is 0.724 bits per heavy atom. The number of carbonyl (C=O) groups is 3. The normalized spacial score (nSPS) is 19.1. The standard InChI is InChI=1S/C21H39N4O3.Y/c1-18(2)14-22-6-8-23(15-19(3)26)10-12-25(17-21(5)28)13-11-24(9-7-22)16-20(4)27;/h15,18H,6-14,16-17H2,1-5H3;/q-1;. The van der Waals surface area contributed by atoms with E-state index in [-0.39, 0.29) is 50.1 Å². The third-order valence-electron chi connectivity index (χ3n) is 4.75. The van der Waals surface area contributed by atoms with Crippen LogP contribution in [0.15, 0.2) is 0 Å². The van der Waals surface area contributed by atoms with Gasteiger partial charge in [0.15, 0.2) is 0 Å². The van der Waals surface area contributed by atoms with Gasteiger partial charge in [-0.3, -0.25) is 25.9 Å².